The van der Waals surface area contributed by atoms with E-state index in [0.717, 1.165) is 0 Å². The second-order valence-electron chi connectivity index (χ2n) is 7.16. The highest BCUT2D eigenvalue weighted by Crippen LogP contribution is 2.16. The van der Waals surface area contributed by atoms with Crippen molar-refractivity contribution in [2.45, 2.75) is 38.1 Å². The maximum absolute atomic E-state index is 12.3. The molecule has 0 radical (unpaired) electrons. The van der Waals surface area contributed by atoms with Crippen LogP contribution in [0, 0.1) is 0 Å². The van der Waals surface area contributed by atoms with Crippen molar-refractivity contribution in [3.8, 4) is 0 Å². The van der Waals surface area contributed by atoms with Crippen LogP contribution < -0.4 is 10.6 Å². The zero-order valence-corrected chi connectivity index (χ0v) is 16.7. The number of benzene rings is 2. The zero-order valence-electron chi connectivity index (χ0n) is 15.9. The van der Waals surface area contributed by atoms with E-state index in [0.29, 0.717) is 16.8 Å². The monoisotopic (exact) mass is 388 g/mol. The van der Waals surface area contributed by atoms with Gasteiger partial charge in [-0.1, -0.05) is 6.92 Å². The Bertz CT molecular complexity index is 925. The van der Waals surface area contributed by atoms with Crippen molar-refractivity contribution in [3.05, 3.63) is 59.7 Å². The maximum Gasteiger partial charge on any atom is 0.255 e. The van der Waals surface area contributed by atoms with Gasteiger partial charge in [-0.2, -0.15) is 0 Å². The van der Waals surface area contributed by atoms with Crippen LogP contribution in [0.3, 0.4) is 0 Å². The number of nitrogens with one attached hydrogen (secondary N) is 2. The molecule has 0 bridgehead atoms. The summed E-state index contributed by atoms with van der Waals surface area (Å²) in [6.45, 7) is 7.26. The Hall–Kier alpha value is -2.67. The fourth-order valence-electron chi connectivity index (χ4n) is 2.30. The second kappa shape index (κ2) is 7.92. The van der Waals surface area contributed by atoms with Gasteiger partial charge < -0.3 is 10.6 Å². The molecule has 0 saturated heterocycles. The first-order valence-corrected chi connectivity index (χ1v) is 10.2. The van der Waals surface area contributed by atoms with Gasteiger partial charge in [-0.3, -0.25) is 9.59 Å². The number of hydrogen-bond donors (Lipinski definition) is 2. The maximum atomic E-state index is 12.3. The van der Waals surface area contributed by atoms with Crippen LogP contribution in [-0.2, 0) is 9.84 Å². The Morgan fingerprint density at radius 2 is 1.33 bits per heavy atom. The van der Waals surface area contributed by atoms with Crippen molar-refractivity contribution in [1.82, 2.24) is 5.32 Å². The SMILES string of the molecule is CCS(=O)(=O)c1ccc(NC(=O)c2ccc(C(=O)NC(C)(C)C)cc2)cc1. The van der Waals surface area contributed by atoms with Crippen LogP contribution in [0.1, 0.15) is 48.4 Å². The largest absolute Gasteiger partial charge is 0.347 e. The lowest BCUT2D eigenvalue weighted by molar-refractivity contribution is 0.0918. The molecule has 0 aliphatic heterocycles. The highest BCUT2D eigenvalue weighted by Gasteiger charge is 2.16. The van der Waals surface area contributed by atoms with Crippen LogP contribution in [0.15, 0.2) is 53.4 Å². The number of amides is 2. The lowest BCUT2D eigenvalue weighted by Gasteiger charge is -2.20. The molecular formula is C20H24N2O4S. The molecule has 7 heteroatoms. The lowest BCUT2D eigenvalue weighted by atomic mass is 10.1. The molecule has 6 nitrogen and oxygen atoms in total. The molecule has 2 N–H and O–H groups in total. The second-order valence-corrected chi connectivity index (χ2v) is 9.44. The Morgan fingerprint density at radius 3 is 1.78 bits per heavy atom. The van der Waals surface area contributed by atoms with E-state index in [9.17, 15) is 18.0 Å². The molecule has 0 saturated carbocycles. The van der Waals surface area contributed by atoms with Crippen molar-refractivity contribution < 1.29 is 18.0 Å². The molecule has 0 spiro atoms. The minimum atomic E-state index is -3.27. The first kappa shape index (κ1) is 20.6. The van der Waals surface area contributed by atoms with E-state index < -0.39 is 9.84 Å². The van der Waals surface area contributed by atoms with E-state index in [1.165, 1.54) is 12.1 Å². The number of rotatable bonds is 5. The third kappa shape index (κ3) is 5.65. The van der Waals surface area contributed by atoms with E-state index in [2.05, 4.69) is 10.6 Å². The number of hydrogen-bond acceptors (Lipinski definition) is 4. The fraction of sp³-hybridized carbons (Fsp3) is 0.300. The van der Waals surface area contributed by atoms with Gasteiger partial charge in [0, 0.05) is 22.4 Å². The van der Waals surface area contributed by atoms with Crippen LogP contribution in [0.5, 0.6) is 0 Å². The van der Waals surface area contributed by atoms with E-state index in [1.807, 2.05) is 20.8 Å². The van der Waals surface area contributed by atoms with Crippen molar-refractivity contribution >= 4 is 27.3 Å². The summed E-state index contributed by atoms with van der Waals surface area (Å²) < 4.78 is 23.6. The number of anilines is 1. The number of sulfone groups is 1. The van der Waals surface area contributed by atoms with Crippen LogP contribution in [0.2, 0.25) is 0 Å². The minimum absolute atomic E-state index is 0.0217. The Morgan fingerprint density at radius 1 is 0.852 bits per heavy atom. The van der Waals surface area contributed by atoms with Gasteiger partial charge in [0.1, 0.15) is 0 Å². The first-order chi connectivity index (χ1) is 12.5. The van der Waals surface area contributed by atoms with E-state index >= 15 is 0 Å². The van der Waals surface area contributed by atoms with Gasteiger partial charge in [0.2, 0.25) is 0 Å². The average Bonchev–Trinajstić information content (AvgIpc) is 2.61. The van der Waals surface area contributed by atoms with Gasteiger partial charge in [0.25, 0.3) is 11.8 Å². The predicted octanol–water partition coefficient (Wildman–Crippen LogP) is 3.26. The van der Waals surface area contributed by atoms with Crippen LogP contribution >= 0.6 is 0 Å². The lowest BCUT2D eigenvalue weighted by Crippen LogP contribution is -2.40. The number of carbonyl (C=O) groups is 2. The third-order valence-electron chi connectivity index (χ3n) is 3.75. The highest BCUT2D eigenvalue weighted by atomic mass is 32.2. The summed E-state index contributed by atoms with van der Waals surface area (Å²) in [6.07, 6.45) is 0. The summed E-state index contributed by atoms with van der Waals surface area (Å²) in [5, 5.41) is 5.57. The topological polar surface area (TPSA) is 92.3 Å². The molecule has 0 unspecified atom stereocenters. The van der Waals surface area contributed by atoms with Gasteiger partial charge in [-0.05, 0) is 69.3 Å². The molecular weight excluding hydrogens is 364 g/mol. The highest BCUT2D eigenvalue weighted by molar-refractivity contribution is 7.91. The quantitative estimate of drug-likeness (QED) is 0.822. The van der Waals surface area contributed by atoms with Crippen LogP contribution in [-0.4, -0.2) is 31.5 Å². The van der Waals surface area contributed by atoms with Gasteiger partial charge >= 0.3 is 0 Å². The summed E-state index contributed by atoms with van der Waals surface area (Å²) in [5.74, 6) is -0.528. The van der Waals surface area contributed by atoms with Crippen LogP contribution in [0.25, 0.3) is 0 Å². The molecule has 0 aromatic heterocycles. The molecule has 0 aliphatic rings. The molecule has 0 heterocycles. The average molecular weight is 388 g/mol. The Kier molecular flexibility index (Phi) is 6.05. The molecule has 27 heavy (non-hydrogen) atoms. The normalized spacial score (nSPS) is 11.7. The predicted molar refractivity (Wildman–Crippen MR) is 106 cm³/mol. The van der Waals surface area contributed by atoms with Crippen LogP contribution in [0.4, 0.5) is 5.69 Å². The van der Waals surface area contributed by atoms with E-state index in [-0.39, 0.29) is 28.0 Å². The van der Waals surface area contributed by atoms with Crippen molar-refractivity contribution in [3.63, 3.8) is 0 Å². The summed E-state index contributed by atoms with van der Waals surface area (Å²) in [5.41, 5.74) is 1.01. The fourth-order valence-corrected chi connectivity index (χ4v) is 3.19. The molecule has 0 aliphatic carbocycles. The molecule has 0 fully saturated rings. The third-order valence-corrected chi connectivity index (χ3v) is 5.50. The molecule has 2 aromatic carbocycles. The summed E-state index contributed by atoms with van der Waals surface area (Å²) in [6, 6.07) is 12.4. The van der Waals surface area contributed by atoms with Crippen molar-refractivity contribution in [2.75, 3.05) is 11.1 Å². The zero-order chi connectivity index (χ0) is 20.2. The van der Waals surface area contributed by atoms with Crippen molar-refractivity contribution in [1.29, 1.82) is 0 Å². The standard InChI is InChI=1S/C20H24N2O4S/c1-5-27(25,26)17-12-10-16(11-13-17)21-18(23)14-6-8-15(9-7-14)19(24)22-20(2,3)4/h6-13H,5H2,1-4H3,(H,21,23)(H,22,24). The summed E-state index contributed by atoms with van der Waals surface area (Å²) in [4.78, 5) is 24.7. The first-order valence-electron chi connectivity index (χ1n) is 8.58. The molecule has 144 valence electrons. The summed E-state index contributed by atoms with van der Waals surface area (Å²) in [7, 11) is -3.27. The van der Waals surface area contributed by atoms with E-state index in [1.54, 1.807) is 43.3 Å². The summed E-state index contributed by atoms with van der Waals surface area (Å²) >= 11 is 0. The molecule has 2 aromatic rings. The Balaban J connectivity index is 2.07. The van der Waals surface area contributed by atoms with Gasteiger partial charge in [0.05, 0.1) is 10.6 Å². The van der Waals surface area contributed by atoms with Gasteiger partial charge in [-0.15, -0.1) is 0 Å². The van der Waals surface area contributed by atoms with E-state index in [4.69, 9.17) is 0 Å². The number of carbonyl (C=O) groups excluding carboxylic acids is 2. The minimum Gasteiger partial charge on any atom is -0.347 e. The molecule has 2 rings (SSSR count). The smallest absolute Gasteiger partial charge is 0.255 e. The van der Waals surface area contributed by atoms with Gasteiger partial charge in [0.15, 0.2) is 9.84 Å². The van der Waals surface area contributed by atoms with Crippen molar-refractivity contribution in [2.24, 2.45) is 0 Å². The molecule has 0 atom stereocenters. The van der Waals surface area contributed by atoms with Gasteiger partial charge in [-0.25, -0.2) is 8.42 Å². The molecule has 2 amide bonds. The Labute approximate surface area is 159 Å².